The molecule has 11 nitrogen and oxygen atoms in total. The van der Waals surface area contributed by atoms with Crippen LogP contribution in [0, 0.1) is 0 Å². The number of hydrogen-bond donors (Lipinski definition) is 0. The molecule has 111 heavy (non-hydrogen) atoms. The number of benzene rings is 16. The predicted octanol–water partition coefficient (Wildman–Crippen LogP) is 23.8. The average molecular weight is 1420 g/mol. The Kier molecular flexibility index (Phi) is 13.2. The summed E-state index contributed by atoms with van der Waals surface area (Å²) in [5, 5.41) is 10.5. The van der Waals surface area contributed by atoms with Crippen LogP contribution in [0.5, 0.6) is 0 Å². The van der Waals surface area contributed by atoms with Gasteiger partial charge in [0.15, 0.2) is 0 Å². The number of carbonyl (C=O) groups is 4. The molecule has 0 atom stereocenters. The highest BCUT2D eigenvalue weighted by Gasteiger charge is 2.42. The van der Waals surface area contributed by atoms with Gasteiger partial charge in [-0.25, -0.2) is 9.80 Å². The van der Waals surface area contributed by atoms with E-state index >= 15 is 19.2 Å². The Bertz CT molecular complexity index is 7590. The standard InChI is InChI=1S/C100H59N7O4/c108-97-77-41-24-49-88(93(77)100(111)101(97)64-30-19-29-62(57-64)60-25-3-1-4-26-60)107-95-74(38-21-51-90(95)104-82-44-15-9-33-69(82)70-34-10-16-45-83(70)104)75-39-22-52-91(96(75)107)105-84-46-17-12-36-72(84)79-58-63(53-56-86(79)105)66-55-54-65(59-78(66)61-27-5-2-6-28-61)102-98(109)76-40-23-48-87(92(76)99(102)110)106-85-47-18-11-35-71(85)73-37-20-50-89(94(73)106)103-80-42-13-7-31-67(80)68-32-8-14-43-81(68)103/h1-59H. The number of rotatable bonds is 10. The smallest absolute Gasteiger partial charge is 0.268 e. The van der Waals surface area contributed by atoms with Crippen LogP contribution in [0.4, 0.5) is 11.4 Å². The van der Waals surface area contributed by atoms with Gasteiger partial charge in [0.1, 0.15) is 0 Å². The van der Waals surface area contributed by atoms with Gasteiger partial charge in [-0.05, 0) is 149 Å². The van der Waals surface area contributed by atoms with Gasteiger partial charge in [-0.3, -0.25) is 19.2 Å². The van der Waals surface area contributed by atoms with Crippen molar-refractivity contribution in [2.75, 3.05) is 9.80 Å². The summed E-state index contributed by atoms with van der Waals surface area (Å²) in [5.41, 5.74) is 21.2. The summed E-state index contributed by atoms with van der Waals surface area (Å²) in [4.78, 5) is 65.1. The molecule has 21 aromatic rings. The Morgan fingerprint density at radius 3 is 1.00 bits per heavy atom. The van der Waals surface area contributed by atoms with E-state index in [1.165, 1.54) is 9.80 Å². The fourth-order valence-electron chi connectivity index (χ4n) is 18.5. The van der Waals surface area contributed by atoms with Crippen LogP contribution >= 0.6 is 0 Å². The van der Waals surface area contributed by atoms with Crippen LogP contribution in [-0.2, 0) is 0 Å². The summed E-state index contributed by atoms with van der Waals surface area (Å²) in [5.74, 6) is -1.62. The quantitative estimate of drug-likeness (QED) is 0.127. The Hall–Kier alpha value is -15.2. The normalized spacial score (nSPS) is 13.1. The minimum atomic E-state index is -0.413. The highest BCUT2D eigenvalue weighted by molar-refractivity contribution is 6.37. The van der Waals surface area contributed by atoms with Crippen LogP contribution in [0.25, 0.3) is 171 Å². The highest BCUT2D eigenvalue weighted by atomic mass is 16.2. The van der Waals surface area contributed by atoms with E-state index in [9.17, 15) is 0 Å². The van der Waals surface area contributed by atoms with Crippen molar-refractivity contribution in [2.45, 2.75) is 0 Å². The maximum absolute atomic E-state index is 15.9. The lowest BCUT2D eigenvalue weighted by atomic mass is 9.93. The van der Waals surface area contributed by atoms with Gasteiger partial charge in [0, 0.05) is 53.9 Å². The van der Waals surface area contributed by atoms with Gasteiger partial charge in [0.25, 0.3) is 23.6 Å². The molecule has 0 unspecified atom stereocenters. The van der Waals surface area contributed by atoms with E-state index < -0.39 is 23.6 Å². The number of imide groups is 2. The largest absolute Gasteiger partial charge is 0.307 e. The molecule has 0 saturated carbocycles. The second-order valence-corrected chi connectivity index (χ2v) is 28.8. The SMILES string of the molecule is O=C1c2cccc(-n3c4ccccc4c4cccc(-n5c6ccccc6c6ccccc65)c43)c2C(=O)N1c1ccc(-c2ccc3c(c2)c2ccccc2n3-c2cccc3c4cccc(-n5c6ccccc6c6ccccc65)c4n(-c4cccc5c4C(=O)N(c4cccc(-c6ccccc6)c4)C5=O)c23)c(-c2ccccc2)c1. The predicted molar refractivity (Wildman–Crippen MR) is 450 cm³/mol. The fraction of sp³-hybridized carbons (Fsp3) is 0. The zero-order valence-corrected chi connectivity index (χ0v) is 59.3. The second-order valence-electron chi connectivity index (χ2n) is 28.8. The van der Waals surface area contributed by atoms with Crippen molar-refractivity contribution in [3.63, 3.8) is 0 Å². The molecule has 5 aromatic heterocycles. The Balaban J connectivity index is 0.693. The van der Waals surface area contributed by atoms with E-state index in [1.54, 1.807) is 12.1 Å². The fourth-order valence-corrected chi connectivity index (χ4v) is 18.5. The van der Waals surface area contributed by atoms with Crippen LogP contribution in [0.3, 0.4) is 0 Å². The van der Waals surface area contributed by atoms with Crippen LogP contribution in [0.1, 0.15) is 41.4 Å². The first-order valence-corrected chi connectivity index (χ1v) is 37.3. The first kappa shape index (κ1) is 62.0. The van der Waals surface area contributed by atoms with Crippen LogP contribution in [0.2, 0.25) is 0 Å². The molecular weight excluding hydrogens is 1360 g/mol. The molecule has 0 spiro atoms. The lowest BCUT2D eigenvalue weighted by Gasteiger charge is -2.19. The summed E-state index contributed by atoms with van der Waals surface area (Å²) in [6.45, 7) is 0. The molecule has 4 amide bonds. The molecule has 0 bridgehead atoms. The molecule has 0 aliphatic carbocycles. The van der Waals surface area contributed by atoms with Crippen molar-refractivity contribution in [1.82, 2.24) is 22.8 Å². The molecule has 11 heteroatoms. The Morgan fingerprint density at radius 2 is 0.514 bits per heavy atom. The van der Waals surface area contributed by atoms with Gasteiger partial charge >= 0.3 is 0 Å². The number of fused-ring (bicyclic) bond motifs is 17. The van der Waals surface area contributed by atoms with E-state index in [1.807, 2.05) is 121 Å². The lowest BCUT2D eigenvalue weighted by molar-refractivity contribution is 0.0910. The molecule has 0 N–H and O–H groups in total. The zero-order chi connectivity index (χ0) is 73.4. The Labute approximate surface area is 634 Å². The molecule has 16 aromatic carbocycles. The third-order valence-electron chi connectivity index (χ3n) is 23.1. The van der Waals surface area contributed by atoms with Gasteiger partial charge in [0.05, 0.1) is 117 Å². The number of aromatic nitrogens is 5. The number of amides is 4. The molecule has 0 radical (unpaired) electrons. The van der Waals surface area contributed by atoms with Crippen LogP contribution in [-0.4, -0.2) is 46.5 Å². The monoisotopic (exact) mass is 1420 g/mol. The van der Waals surface area contributed by atoms with Gasteiger partial charge < -0.3 is 22.8 Å². The van der Waals surface area contributed by atoms with Gasteiger partial charge in [-0.2, -0.15) is 0 Å². The second kappa shape index (κ2) is 23.6. The van der Waals surface area contributed by atoms with E-state index in [-0.39, 0.29) is 0 Å². The molecule has 0 fully saturated rings. The summed E-state index contributed by atoms with van der Waals surface area (Å²) in [7, 11) is 0. The first-order chi connectivity index (χ1) is 54.8. The van der Waals surface area contributed by atoms with Crippen molar-refractivity contribution in [2.24, 2.45) is 0 Å². The summed E-state index contributed by atoms with van der Waals surface area (Å²) < 4.78 is 11.4. The van der Waals surface area contributed by atoms with Gasteiger partial charge in [-0.15, -0.1) is 0 Å². The molecule has 7 heterocycles. The van der Waals surface area contributed by atoms with E-state index in [2.05, 4.69) is 247 Å². The minimum absolute atomic E-state index is 0.308. The maximum atomic E-state index is 15.9. The lowest BCUT2D eigenvalue weighted by Crippen LogP contribution is -2.29. The summed E-state index contributed by atoms with van der Waals surface area (Å²) in [6.07, 6.45) is 0. The zero-order valence-electron chi connectivity index (χ0n) is 59.3. The van der Waals surface area contributed by atoms with E-state index in [0.29, 0.717) is 45.0 Å². The average Bonchev–Trinajstić information content (AvgIpc) is 1.54. The summed E-state index contributed by atoms with van der Waals surface area (Å²) in [6, 6.07) is 122. The molecule has 23 rings (SSSR count). The number of hydrogen-bond acceptors (Lipinski definition) is 4. The number of nitrogens with zero attached hydrogens (tertiary/aromatic N) is 7. The number of para-hydroxylation sites is 9. The maximum Gasteiger partial charge on any atom is 0.268 e. The first-order valence-electron chi connectivity index (χ1n) is 37.3. The molecular formula is C100H59N7O4. The molecule has 2 aliphatic heterocycles. The third kappa shape index (κ3) is 8.79. The van der Waals surface area contributed by atoms with Crippen molar-refractivity contribution in [1.29, 1.82) is 0 Å². The number of carbonyl (C=O) groups excluding carboxylic acids is 4. The van der Waals surface area contributed by atoms with Crippen molar-refractivity contribution < 1.29 is 19.2 Å². The topological polar surface area (TPSA) is 99.4 Å². The molecule has 2 aliphatic rings. The van der Waals surface area contributed by atoms with Crippen molar-refractivity contribution in [3.05, 3.63) is 380 Å². The van der Waals surface area contributed by atoms with E-state index in [4.69, 9.17) is 0 Å². The van der Waals surface area contributed by atoms with Crippen LogP contribution in [0.15, 0.2) is 358 Å². The van der Waals surface area contributed by atoms with Gasteiger partial charge in [-0.1, -0.05) is 243 Å². The third-order valence-corrected chi connectivity index (χ3v) is 23.1. The molecule has 518 valence electrons. The molecule has 0 saturated heterocycles. The van der Waals surface area contributed by atoms with E-state index in [0.717, 1.165) is 159 Å². The highest BCUT2D eigenvalue weighted by Crippen LogP contribution is 2.49. The summed E-state index contributed by atoms with van der Waals surface area (Å²) >= 11 is 0. The van der Waals surface area contributed by atoms with Crippen molar-refractivity contribution >= 4 is 144 Å². The van der Waals surface area contributed by atoms with Crippen LogP contribution < -0.4 is 9.80 Å². The minimum Gasteiger partial charge on any atom is -0.307 e. The number of anilines is 2. The van der Waals surface area contributed by atoms with Gasteiger partial charge in [0.2, 0.25) is 0 Å². The Morgan fingerprint density at radius 1 is 0.171 bits per heavy atom. The van der Waals surface area contributed by atoms with Crippen molar-refractivity contribution in [3.8, 4) is 61.8 Å².